The highest BCUT2D eigenvalue weighted by atomic mass is 16.6. The Morgan fingerprint density at radius 1 is 1.13 bits per heavy atom. The lowest BCUT2D eigenvalue weighted by Crippen LogP contribution is -2.53. The van der Waals surface area contributed by atoms with Crippen LogP contribution in [0, 0.1) is 11.8 Å². The molecular formula is C24H33NO6. The molecule has 0 bridgehead atoms. The molecule has 2 aliphatic heterocycles. The molecule has 2 N–H and O–H groups in total. The van der Waals surface area contributed by atoms with Crippen molar-refractivity contribution in [2.75, 3.05) is 5.32 Å². The number of anilines is 1. The van der Waals surface area contributed by atoms with Crippen molar-refractivity contribution in [2.45, 2.75) is 78.4 Å². The maximum absolute atomic E-state index is 12.8. The maximum atomic E-state index is 12.8. The third-order valence-electron chi connectivity index (χ3n) is 6.12. The van der Waals surface area contributed by atoms with E-state index in [2.05, 4.69) is 5.32 Å². The zero-order valence-corrected chi connectivity index (χ0v) is 19.1. The molecule has 0 saturated carbocycles. The standard InChI is InChI=1S/C24H33NO6/c1-7-13(3)22(27)29-20-18-16(11-9-15-10-12-17(26)25-19(15)18)31-24(5,6)21(20)30-23(28)14(4)8-2/h9-14,17,20-21,25-26H,7-8H2,1-6H3. The van der Waals surface area contributed by atoms with Crippen LogP contribution in [-0.4, -0.2) is 35.0 Å². The summed E-state index contributed by atoms with van der Waals surface area (Å²) in [5.74, 6) is -0.814. The van der Waals surface area contributed by atoms with Crippen LogP contribution in [0.5, 0.6) is 5.75 Å². The van der Waals surface area contributed by atoms with Gasteiger partial charge in [-0.05, 0) is 50.5 Å². The molecule has 5 unspecified atom stereocenters. The number of hydrogen-bond acceptors (Lipinski definition) is 7. The molecule has 0 spiro atoms. The summed E-state index contributed by atoms with van der Waals surface area (Å²) in [6.07, 6.45) is 2.06. The fourth-order valence-electron chi connectivity index (χ4n) is 3.68. The van der Waals surface area contributed by atoms with Gasteiger partial charge in [0, 0.05) is 0 Å². The van der Waals surface area contributed by atoms with E-state index in [9.17, 15) is 14.7 Å². The van der Waals surface area contributed by atoms with Gasteiger partial charge >= 0.3 is 11.9 Å². The normalized spacial score (nSPS) is 25.2. The number of carbonyl (C=O) groups excluding carboxylic acids is 2. The number of aliphatic hydroxyl groups is 1. The second-order valence-electron chi connectivity index (χ2n) is 8.93. The van der Waals surface area contributed by atoms with E-state index in [0.717, 1.165) is 5.56 Å². The highest BCUT2D eigenvalue weighted by Gasteiger charge is 2.50. The van der Waals surface area contributed by atoms with Crippen LogP contribution in [0.1, 0.15) is 71.6 Å². The number of hydrogen-bond donors (Lipinski definition) is 2. The van der Waals surface area contributed by atoms with Gasteiger partial charge in [0.2, 0.25) is 0 Å². The fourth-order valence-corrected chi connectivity index (χ4v) is 3.68. The quantitative estimate of drug-likeness (QED) is 0.652. The van der Waals surface area contributed by atoms with Crippen LogP contribution in [0.4, 0.5) is 5.69 Å². The summed E-state index contributed by atoms with van der Waals surface area (Å²) in [4.78, 5) is 25.5. The minimum absolute atomic E-state index is 0.296. The van der Waals surface area contributed by atoms with Gasteiger partial charge < -0.3 is 24.6 Å². The van der Waals surface area contributed by atoms with Crippen LogP contribution in [0.15, 0.2) is 18.2 Å². The number of fused-ring (bicyclic) bond motifs is 3. The van der Waals surface area contributed by atoms with Gasteiger partial charge in [0.25, 0.3) is 0 Å². The summed E-state index contributed by atoms with van der Waals surface area (Å²) < 4.78 is 18.1. The first-order valence-corrected chi connectivity index (χ1v) is 11.0. The minimum atomic E-state index is -0.937. The van der Waals surface area contributed by atoms with Crippen molar-refractivity contribution >= 4 is 23.7 Å². The molecular weight excluding hydrogens is 398 g/mol. The Bertz CT molecular complexity index is 877. The SMILES string of the molecule is CCC(C)C(=O)OC1c2c(ccc3c2NC(O)C=C3)OC(C)(C)C1OC(=O)C(C)CC. The van der Waals surface area contributed by atoms with Gasteiger partial charge in [-0.15, -0.1) is 0 Å². The largest absolute Gasteiger partial charge is 0.483 e. The van der Waals surface area contributed by atoms with Crippen LogP contribution in [0.25, 0.3) is 6.08 Å². The number of esters is 2. The van der Waals surface area contributed by atoms with E-state index in [-0.39, 0.29) is 23.8 Å². The first-order chi connectivity index (χ1) is 14.6. The Hall–Kier alpha value is -2.54. The van der Waals surface area contributed by atoms with Gasteiger partial charge in [-0.25, -0.2) is 0 Å². The molecule has 7 heteroatoms. The molecule has 5 atom stereocenters. The number of nitrogens with one attached hydrogen (secondary N) is 1. The Morgan fingerprint density at radius 2 is 1.74 bits per heavy atom. The lowest BCUT2D eigenvalue weighted by molar-refractivity contribution is -0.194. The Morgan fingerprint density at radius 3 is 2.35 bits per heavy atom. The summed E-state index contributed by atoms with van der Waals surface area (Å²) in [7, 11) is 0. The predicted octanol–water partition coefficient (Wildman–Crippen LogP) is 4.20. The van der Waals surface area contributed by atoms with Crippen LogP contribution < -0.4 is 10.1 Å². The van der Waals surface area contributed by atoms with Gasteiger partial charge in [-0.2, -0.15) is 0 Å². The molecule has 0 amide bonds. The zero-order chi connectivity index (χ0) is 22.9. The molecule has 2 aliphatic rings. The van der Waals surface area contributed by atoms with Gasteiger partial charge in [-0.1, -0.05) is 33.8 Å². The third-order valence-corrected chi connectivity index (χ3v) is 6.12. The molecule has 31 heavy (non-hydrogen) atoms. The summed E-state index contributed by atoms with van der Waals surface area (Å²) in [6.45, 7) is 11.1. The van der Waals surface area contributed by atoms with Gasteiger partial charge in [0.05, 0.1) is 23.1 Å². The molecule has 170 valence electrons. The molecule has 0 aromatic heterocycles. The lowest BCUT2D eigenvalue weighted by Gasteiger charge is -2.44. The number of rotatable bonds is 6. The topological polar surface area (TPSA) is 94.1 Å². The summed E-state index contributed by atoms with van der Waals surface area (Å²) in [6, 6.07) is 3.69. The molecule has 1 aromatic rings. The van der Waals surface area contributed by atoms with Gasteiger partial charge in [-0.3, -0.25) is 9.59 Å². The van der Waals surface area contributed by atoms with E-state index >= 15 is 0 Å². The number of aliphatic hydroxyl groups excluding tert-OH is 1. The van der Waals surface area contributed by atoms with Crippen molar-refractivity contribution < 1.29 is 28.9 Å². The fraction of sp³-hybridized carbons (Fsp3) is 0.583. The monoisotopic (exact) mass is 431 g/mol. The average molecular weight is 432 g/mol. The zero-order valence-electron chi connectivity index (χ0n) is 19.1. The molecule has 2 heterocycles. The summed E-state index contributed by atoms with van der Waals surface area (Å²) in [5, 5.41) is 13.2. The number of benzene rings is 1. The molecule has 0 aliphatic carbocycles. The van der Waals surface area contributed by atoms with Crippen molar-refractivity contribution in [3.8, 4) is 5.75 Å². The Labute approximate surface area is 183 Å². The smallest absolute Gasteiger partial charge is 0.309 e. The highest BCUT2D eigenvalue weighted by Crippen LogP contribution is 2.49. The molecule has 7 nitrogen and oxygen atoms in total. The Kier molecular flexibility index (Phi) is 6.65. The highest BCUT2D eigenvalue weighted by molar-refractivity contribution is 5.79. The maximum Gasteiger partial charge on any atom is 0.309 e. The van der Waals surface area contributed by atoms with Crippen LogP contribution in [0.3, 0.4) is 0 Å². The lowest BCUT2D eigenvalue weighted by atomic mass is 9.85. The van der Waals surface area contributed by atoms with E-state index in [1.807, 2.05) is 39.8 Å². The number of ether oxygens (including phenoxy) is 3. The predicted molar refractivity (Wildman–Crippen MR) is 117 cm³/mol. The van der Waals surface area contributed by atoms with Crippen LogP contribution in [-0.2, 0) is 19.1 Å². The van der Waals surface area contributed by atoms with E-state index in [0.29, 0.717) is 29.8 Å². The van der Waals surface area contributed by atoms with Crippen LogP contribution in [0.2, 0.25) is 0 Å². The van der Waals surface area contributed by atoms with Gasteiger partial charge in [0.15, 0.2) is 12.2 Å². The molecule has 0 radical (unpaired) electrons. The van der Waals surface area contributed by atoms with Crippen molar-refractivity contribution in [1.29, 1.82) is 0 Å². The van der Waals surface area contributed by atoms with E-state index in [4.69, 9.17) is 14.2 Å². The average Bonchev–Trinajstić information content (AvgIpc) is 2.73. The third kappa shape index (κ3) is 4.56. The number of carbonyl (C=O) groups is 2. The van der Waals surface area contributed by atoms with E-state index < -0.39 is 24.0 Å². The second kappa shape index (κ2) is 8.91. The molecule has 1 aromatic carbocycles. The van der Waals surface area contributed by atoms with Crippen molar-refractivity contribution in [3.63, 3.8) is 0 Å². The molecule has 0 fully saturated rings. The van der Waals surface area contributed by atoms with Crippen molar-refractivity contribution in [1.82, 2.24) is 0 Å². The first kappa shape index (κ1) is 23.1. The first-order valence-electron chi connectivity index (χ1n) is 11.0. The summed E-state index contributed by atoms with van der Waals surface area (Å²) in [5.41, 5.74) is 1.06. The van der Waals surface area contributed by atoms with Gasteiger partial charge in [0.1, 0.15) is 17.6 Å². The minimum Gasteiger partial charge on any atom is -0.483 e. The van der Waals surface area contributed by atoms with E-state index in [1.165, 1.54) is 0 Å². The molecule has 0 saturated heterocycles. The van der Waals surface area contributed by atoms with Crippen molar-refractivity contribution in [3.05, 3.63) is 29.3 Å². The van der Waals surface area contributed by atoms with E-state index in [1.54, 1.807) is 26.0 Å². The van der Waals surface area contributed by atoms with Crippen molar-refractivity contribution in [2.24, 2.45) is 11.8 Å². The summed E-state index contributed by atoms with van der Waals surface area (Å²) >= 11 is 0. The van der Waals surface area contributed by atoms with Crippen LogP contribution >= 0.6 is 0 Å². The second-order valence-corrected chi connectivity index (χ2v) is 8.93. The Balaban J connectivity index is 2.11. The molecule has 3 rings (SSSR count).